The van der Waals surface area contributed by atoms with Crippen LogP contribution in [0.5, 0.6) is 0 Å². The number of nitrogens with zero attached hydrogens (tertiary/aromatic N) is 1. The van der Waals surface area contributed by atoms with Crippen LogP contribution in [0.3, 0.4) is 0 Å². The summed E-state index contributed by atoms with van der Waals surface area (Å²) in [6, 6.07) is 8.26. The summed E-state index contributed by atoms with van der Waals surface area (Å²) in [6.07, 6.45) is 0.767. The molecule has 1 aliphatic rings. The second-order valence-electron chi connectivity index (χ2n) is 5.46. The van der Waals surface area contributed by atoms with Gasteiger partial charge in [-0.25, -0.2) is 0 Å². The number of hydrogen-bond acceptors (Lipinski definition) is 3. The van der Waals surface area contributed by atoms with Crippen LogP contribution in [-0.2, 0) is 0 Å². The minimum absolute atomic E-state index is 0.0166. The van der Waals surface area contributed by atoms with Crippen molar-refractivity contribution < 1.29 is 5.11 Å². The molecule has 0 radical (unpaired) electrons. The van der Waals surface area contributed by atoms with E-state index >= 15 is 0 Å². The second kappa shape index (κ2) is 5.47. The Labute approximate surface area is 114 Å². The molecule has 0 spiro atoms. The van der Waals surface area contributed by atoms with Crippen molar-refractivity contribution >= 4 is 17.3 Å². The Morgan fingerprint density at radius 2 is 2.28 bits per heavy atom. The van der Waals surface area contributed by atoms with E-state index in [1.165, 1.54) is 0 Å². The molecular weight excluding hydrogens is 248 g/mol. The summed E-state index contributed by atoms with van der Waals surface area (Å²) in [6.45, 7) is 6.46. The van der Waals surface area contributed by atoms with Gasteiger partial charge in [-0.05, 0) is 38.5 Å². The molecule has 1 unspecified atom stereocenters. The quantitative estimate of drug-likeness (QED) is 0.883. The van der Waals surface area contributed by atoms with Gasteiger partial charge in [-0.1, -0.05) is 17.7 Å². The molecule has 1 heterocycles. The number of nitrogens with one attached hydrogen (secondary N) is 1. The highest BCUT2D eigenvalue weighted by molar-refractivity contribution is 6.30. The highest BCUT2D eigenvalue weighted by atomic mass is 35.5. The number of halogens is 1. The van der Waals surface area contributed by atoms with E-state index in [1.807, 2.05) is 18.2 Å². The van der Waals surface area contributed by atoms with Crippen molar-refractivity contribution in [3.63, 3.8) is 0 Å². The molecule has 1 aromatic rings. The first-order chi connectivity index (χ1) is 8.54. The fourth-order valence-electron chi connectivity index (χ4n) is 2.78. The van der Waals surface area contributed by atoms with Gasteiger partial charge in [0.15, 0.2) is 0 Å². The summed E-state index contributed by atoms with van der Waals surface area (Å²) in [5, 5.41) is 13.4. The molecule has 1 fully saturated rings. The van der Waals surface area contributed by atoms with E-state index in [1.54, 1.807) is 0 Å². The van der Waals surface area contributed by atoms with E-state index < -0.39 is 0 Å². The van der Waals surface area contributed by atoms with Crippen molar-refractivity contribution in [2.45, 2.75) is 31.8 Å². The fourth-order valence-corrected chi connectivity index (χ4v) is 2.97. The van der Waals surface area contributed by atoms with Gasteiger partial charge >= 0.3 is 0 Å². The first-order valence-corrected chi connectivity index (χ1v) is 6.79. The summed E-state index contributed by atoms with van der Waals surface area (Å²) in [4.78, 5) is 2.38. The van der Waals surface area contributed by atoms with Crippen LogP contribution in [-0.4, -0.2) is 36.4 Å². The average Bonchev–Trinajstić information content (AvgIpc) is 2.28. The number of aliphatic hydroxyl groups is 1. The Kier molecular flexibility index (Phi) is 4.15. The molecule has 1 atom stereocenters. The largest absolute Gasteiger partial charge is 0.396 e. The highest BCUT2D eigenvalue weighted by Gasteiger charge is 2.35. The number of piperazine rings is 1. The van der Waals surface area contributed by atoms with Crippen LogP contribution in [0.4, 0.5) is 5.69 Å². The maximum atomic E-state index is 9.23. The van der Waals surface area contributed by atoms with Crippen molar-refractivity contribution in [3.8, 4) is 0 Å². The number of hydrogen-bond donors (Lipinski definition) is 2. The zero-order valence-electron chi connectivity index (χ0n) is 11.0. The molecule has 0 aliphatic carbocycles. The number of benzene rings is 1. The topological polar surface area (TPSA) is 35.5 Å². The lowest BCUT2D eigenvalue weighted by atomic mass is 9.94. The van der Waals surface area contributed by atoms with Gasteiger partial charge in [0.25, 0.3) is 0 Å². The van der Waals surface area contributed by atoms with E-state index in [-0.39, 0.29) is 12.1 Å². The highest BCUT2D eigenvalue weighted by Crippen LogP contribution is 2.31. The van der Waals surface area contributed by atoms with E-state index in [2.05, 4.69) is 30.1 Å². The van der Waals surface area contributed by atoms with Crippen LogP contribution >= 0.6 is 11.6 Å². The van der Waals surface area contributed by atoms with Gasteiger partial charge in [-0.15, -0.1) is 0 Å². The van der Waals surface area contributed by atoms with Crippen molar-refractivity contribution in [2.75, 3.05) is 24.6 Å². The van der Waals surface area contributed by atoms with Crippen LogP contribution < -0.4 is 10.2 Å². The van der Waals surface area contributed by atoms with Crippen molar-refractivity contribution in [1.29, 1.82) is 0 Å². The van der Waals surface area contributed by atoms with Crippen LogP contribution in [0, 0.1) is 0 Å². The molecule has 1 saturated heterocycles. The lowest BCUT2D eigenvalue weighted by molar-refractivity contribution is 0.241. The molecule has 1 aromatic carbocycles. The Morgan fingerprint density at radius 3 is 2.94 bits per heavy atom. The normalized spacial score (nSPS) is 23.1. The monoisotopic (exact) mass is 268 g/mol. The molecule has 18 heavy (non-hydrogen) atoms. The number of aliphatic hydroxyl groups excluding tert-OH is 1. The van der Waals surface area contributed by atoms with Gasteiger partial charge < -0.3 is 15.3 Å². The lowest BCUT2D eigenvalue weighted by Crippen LogP contribution is -2.63. The summed E-state index contributed by atoms with van der Waals surface area (Å²) in [5.41, 5.74) is 1.15. The van der Waals surface area contributed by atoms with Crippen LogP contribution in [0.25, 0.3) is 0 Å². The molecule has 4 heteroatoms. The Bertz CT molecular complexity index is 407. The molecule has 1 aliphatic heterocycles. The third-order valence-electron chi connectivity index (χ3n) is 3.50. The third-order valence-corrected chi connectivity index (χ3v) is 3.74. The minimum Gasteiger partial charge on any atom is -0.396 e. The van der Waals surface area contributed by atoms with Crippen LogP contribution in [0.15, 0.2) is 24.3 Å². The maximum absolute atomic E-state index is 9.23. The van der Waals surface area contributed by atoms with E-state index in [0.29, 0.717) is 6.04 Å². The molecule has 0 saturated carbocycles. The van der Waals surface area contributed by atoms with E-state index in [4.69, 9.17) is 11.6 Å². The smallest absolute Gasteiger partial charge is 0.0473 e. The Hall–Kier alpha value is -0.770. The second-order valence-corrected chi connectivity index (χ2v) is 5.90. The van der Waals surface area contributed by atoms with Crippen molar-refractivity contribution in [1.82, 2.24) is 5.32 Å². The van der Waals surface area contributed by atoms with E-state index in [9.17, 15) is 5.11 Å². The predicted molar refractivity (Wildman–Crippen MR) is 76.4 cm³/mol. The molecule has 2 rings (SSSR count). The van der Waals surface area contributed by atoms with Gasteiger partial charge in [-0.2, -0.15) is 0 Å². The van der Waals surface area contributed by atoms with Gasteiger partial charge in [0.1, 0.15) is 0 Å². The summed E-state index contributed by atoms with van der Waals surface area (Å²) < 4.78 is 0. The number of anilines is 1. The lowest BCUT2D eigenvalue weighted by Gasteiger charge is -2.50. The summed E-state index contributed by atoms with van der Waals surface area (Å²) >= 11 is 6.09. The maximum Gasteiger partial charge on any atom is 0.0473 e. The molecule has 100 valence electrons. The van der Waals surface area contributed by atoms with Gasteiger partial charge in [-0.3, -0.25) is 0 Å². The molecule has 0 bridgehead atoms. The fraction of sp³-hybridized carbons (Fsp3) is 0.571. The summed E-state index contributed by atoms with van der Waals surface area (Å²) in [7, 11) is 0. The summed E-state index contributed by atoms with van der Waals surface area (Å²) in [5.74, 6) is 0. The zero-order chi connectivity index (χ0) is 13.2. The zero-order valence-corrected chi connectivity index (χ0v) is 11.7. The molecule has 0 aromatic heterocycles. The van der Waals surface area contributed by atoms with Gasteiger partial charge in [0, 0.05) is 42.0 Å². The molecule has 0 amide bonds. The average molecular weight is 269 g/mol. The standard InChI is InChI=1S/C14H21ClN2O/c1-14(2)10-16-9-13(6-7-18)17(14)12-5-3-4-11(15)8-12/h3-5,8,13,16,18H,6-7,9-10H2,1-2H3. The van der Waals surface area contributed by atoms with Crippen molar-refractivity contribution in [2.24, 2.45) is 0 Å². The third kappa shape index (κ3) is 2.79. The first kappa shape index (κ1) is 13.7. The van der Waals surface area contributed by atoms with Crippen molar-refractivity contribution in [3.05, 3.63) is 29.3 Å². The van der Waals surface area contributed by atoms with Crippen LogP contribution in [0.1, 0.15) is 20.3 Å². The van der Waals surface area contributed by atoms with Gasteiger partial charge in [0.2, 0.25) is 0 Å². The Balaban J connectivity index is 2.34. The van der Waals surface area contributed by atoms with Gasteiger partial charge in [0.05, 0.1) is 0 Å². The predicted octanol–water partition coefficient (Wildman–Crippen LogP) is 2.28. The first-order valence-electron chi connectivity index (χ1n) is 6.41. The molecular formula is C14H21ClN2O. The van der Waals surface area contributed by atoms with Crippen LogP contribution in [0.2, 0.25) is 5.02 Å². The molecule has 3 nitrogen and oxygen atoms in total. The Morgan fingerprint density at radius 1 is 1.50 bits per heavy atom. The van der Waals surface area contributed by atoms with E-state index in [0.717, 1.165) is 30.2 Å². The SMILES string of the molecule is CC1(C)CNCC(CCO)N1c1cccc(Cl)c1. The molecule has 2 N–H and O–H groups in total. The minimum atomic E-state index is 0.0166. The number of rotatable bonds is 3.